The molecule has 0 fully saturated rings. The van der Waals surface area contributed by atoms with Gasteiger partial charge in [0.15, 0.2) is 0 Å². The lowest BCUT2D eigenvalue weighted by molar-refractivity contribution is -0.134. The van der Waals surface area contributed by atoms with Crippen molar-refractivity contribution < 1.29 is 32.6 Å². The molecule has 2 N–H and O–H groups in total. The molecule has 1 aliphatic rings. The fourth-order valence-corrected chi connectivity index (χ4v) is 6.16. The summed E-state index contributed by atoms with van der Waals surface area (Å²) in [5.74, 6) is -4.87. The molecule has 14 nitrogen and oxygen atoms in total. The lowest BCUT2D eigenvalue weighted by atomic mass is 9.73. The summed E-state index contributed by atoms with van der Waals surface area (Å²) in [5, 5.41) is 0. The maximum absolute atomic E-state index is 13.9. The van der Waals surface area contributed by atoms with Gasteiger partial charge in [-0.15, -0.1) is 0 Å². The van der Waals surface area contributed by atoms with Crippen LogP contribution in [0, 0.1) is 17.6 Å². The minimum atomic E-state index is -1.42. The summed E-state index contributed by atoms with van der Waals surface area (Å²) in [7, 11) is 1.33. The number of aromatic nitrogens is 4. The zero-order chi connectivity index (χ0) is 39.0. The monoisotopic (exact) mass is 739 g/mol. The van der Waals surface area contributed by atoms with Crippen molar-refractivity contribution in [3.8, 4) is 11.5 Å². The van der Waals surface area contributed by atoms with Crippen LogP contribution in [0.2, 0.25) is 0 Å². The van der Waals surface area contributed by atoms with Crippen LogP contribution in [0.15, 0.2) is 67.5 Å². The molecule has 0 bridgehead atoms. The van der Waals surface area contributed by atoms with Crippen LogP contribution in [0.25, 0.3) is 0 Å². The van der Waals surface area contributed by atoms with Gasteiger partial charge in [-0.05, 0) is 63.1 Å². The van der Waals surface area contributed by atoms with E-state index in [1.807, 2.05) is 31.8 Å². The number of nitrogens with zero attached hydrogens (tertiary/aromatic N) is 3. The molecule has 0 radical (unpaired) electrons. The normalized spacial score (nSPS) is 15.4. The van der Waals surface area contributed by atoms with Crippen molar-refractivity contribution >= 4 is 18.0 Å². The Morgan fingerprint density at radius 2 is 1.60 bits per heavy atom. The Bertz CT molecular complexity index is 2160. The first-order valence-electron chi connectivity index (χ1n) is 17.3. The van der Waals surface area contributed by atoms with Gasteiger partial charge in [-0.25, -0.2) is 14.4 Å². The van der Waals surface area contributed by atoms with E-state index in [0.717, 1.165) is 41.7 Å². The van der Waals surface area contributed by atoms with Gasteiger partial charge < -0.3 is 24.3 Å². The van der Waals surface area contributed by atoms with Gasteiger partial charge in [-0.2, -0.15) is 13.3 Å². The van der Waals surface area contributed by atoms with Crippen LogP contribution in [-0.4, -0.2) is 55.6 Å². The van der Waals surface area contributed by atoms with Gasteiger partial charge in [-0.1, -0.05) is 43.6 Å². The molecule has 2 aromatic heterocycles. The highest BCUT2D eigenvalue weighted by Crippen LogP contribution is 2.47. The highest BCUT2D eigenvalue weighted by Gasteiger charge is 2.33. The van der Waals surface area contributed by atoms with Crippen LogP contribution in [0.5, 0.6) is 11.5 Å². The number of esters is 1. The standard InChI is InChI=1S/C37H43F2N5O9/c1-6-7-8-9-23-17-28(52-31(46)13-15-43-33(47)26(38)19-40-35(43)49)32(25-16-22(4)10-11-24(25)21(2)3)29(18-23)53-37(51)42(5)14-12-30(45)44-34(48)27(39)20-41-36(44)50/h16-20,24-25H,2,6-15H2,1,3-5H3,(H,40,49)(H,41,50)/t24-,25+/m0/s1. The van der Waals surface area contributed by atoms with E-state index in [4.69, 9.17) is 9.47 Å². The third-order valence-electron chi connectivity index (χ3n) is 9.08. The molecule has 53 heavy (non-hydrogen) atoms. The molecular formula is C37H43F2N5O9. The topological polar surface area (TPSA) is 183 Å². The van der Waals surface area contributed by atoms with Crippen molar-refractivity contribution in [1.82, 2.24) is 24.0 Å². The molecule has 2 heterocycles. The highest BCUT2D eigenvalue weighted by molar-refractivity contribution is 5.80. The van der Waals surface area contributed by atoms with Crippen LogP contribution in [0.4, 0.5) is 13.6 Å². The Morgan fingerprint density at radius 1 is 0.962 bits per heavy atom. The Kier molecular flexibility index (Phi) is 13.4. The summed E-state index contributed by atoms with van der Waals surface area (Å²) in [6, 6.07) is 3.37. The number of unbranched alkanes of at least 4 members (excludes halogenated alkanes) is 2. The number of carbonyl (C=O) groups is 3. The molecule has 0 saturated carbocycles. The molecule has 3 aromatic rings. The van der Waals surface area contributed by atoms with Crippen LogP contribution in [0.1, 0.15) is 87.6 Å². The second-order valence-electron chi connectivity index (χ2n) is 13.1. The van der Waals surface area contributed by atoms with E-state index in [1.165, 1.54) is 7.05 Å². The summed E-state index contributed by atoms with van der Waals surface area (Å²) in [5.41, 5.74) is -1.73. The maximum Gasteiger partial charge on any atom is 0.414 e. The SMILES string of the molecule is C=C(C)[C@@H]1CCC(C)=C[C@H]1c1c(OC(=O)CCn2c(=O)[nH]cc(F)c2=O)cc(CCCCC)cc1OC(=O)N(C)CCC(=O)n1c(=O)[nH]cc(F)c1=O. The summed E-state index contributed by atoms with van der Waals surface area (Å²) < 4.78 is 40.2. The Balaban J connectivity index is 1.71. The van der Waals surface area contributed by atoms with E-state index in [0.29, 0.717) is 40.9 Å². The first-order valence-corrected chi connectivity index (χ1v) is 17.3. The van der Waals surface area contributed by atoms with Gasteiger partial charge in [0.2, 0.25) is 17.5 Å². The molecule has 16 heteroatoms. The van der Waals surface area contributed by atoms with Crippen LogP contribution in [0.3, 0.4) is 0 Å². The van der Waals surface area contributed by atoms with Crippen LogP contribution < -0.4 is 32.0 Å². The largest absolute Gasteiger partial charge is 0.426 e. The average Bonchev–Trinajstić information content (AvgIpc) is 3.10. The summed E-state index contributed by atoms with van der Waals surface area (Å²) in [6.07, 6.45) is 5.84. The highest BCUT2D eigenvalue weighted by atomic mass is 19.1. The smallest absolute Gasteiger partial charge is 0.414 e. The predicted octanol–water partition coefficient (Wildman–Crippen LogP) is 4.57. The van der Waals surface area contributed by atoms with E-state index in [2.05, 4.69) is 11.6 Å². The number of hydrogen-bond donors (Lipinski definition) is 2. The second kappa shape index (κ2) is 17.7. The number of ether oxygens (including phenoxy) is 2. The molecule has 4 rings (SSSR count). The van der Waals surface area contributed by atoms with Crippen LogP contribution in [-0.2, 0) is 17.8 Å². The van der Waals surface area contributed by atoms with Gasteiger partial charge in [0.05, 0.1) is 6.42 Å². The van der Waals surface area contributed by atoms with Crippen molar-refractivity contribution in [3.05, 3.63) is 113 Å². The Labute approximate surface area is 302 Å². The zero-order valence-electron chi connectivity index (χ0n) is 30.1. The first kappa shape index (κ1) is 40.1. The average molecular weight is 740 g/mol. The van der Waals surface area contributed by atoms with E-state index in [1.54, 1.807) is 12.1 Å². The van der Waals surface area contributed by atoms with Gasteiger partial charge in [0, 0.05) is 50.4 Å². The first-order chi connectivity index (χ1) is 25.1. The zero-order valence-corrected chi connectivity index (χ0v) is 30.1. The van der Waals surface area contributed by atoms with Gasteiger partial charge in [-0.3, -0.25) is 23.7 Å². The third kappa shape index (κ3) is 9.81. The molecular weight excluding hydrogens is 696 g/mol. The molecule has 1 amide bonds. The second-order valence-corrected chi connectivity index (χ2v) is 13.1. The number of benzene rings is 1. The molecule has 0 aliphatic heterocycles. The van der Waals surface area contributed by atoms with E-state index in [9.17, 15) is 42.3 Å². The Hall–Kier alpha value is -5.67. The van der Waals surface area contributed by atoms with E-state index in [-0.39, 0.29) is 28.5 Å². The Morgan fingerprint density at radius 3 is 2.26 bits per heavy atom. The van der Waals surface area contributed by atoms with Crippen molar-refractivity contribution in [2.75, 3.05) is 13.6 Å². The fourth-order valence-electron chi connectivity index (χ4n) is 6.16. The molecule has 0 spiro atoms. The summed E-state index contributed by atoms with van der Waals surface area (Å²) >= 11 is 0. The molecule has 284 valence electrons. The van der Waals surface area contributed by atoms with Crippen molar-refractivity contribution in [1.29, 1.82) is 0 Å². The number of halogens is 2. The van der Waals surface area contributed by atoms with Crippen molar-refractivity contribution in [2.45, 2.75) is 84.6 Å². The van der Waals surface area contributed by atoms with E-state index < -0.39 is 77.4 Å². The van der Waals surface area contributed by atoms with Crippen molar-refractivity contribution in [3.63, 3.8) is 0 Å². The molecule has 1 aliphatic carbocycles. The lowest BCUT2D eigenvalue weighted by Gasteiger charge is -2.33. The summed E-state index contributed by atoms with van der Waals surface area (Å²) in [6.45, 7) is 9.25. The minimum Gasteiger partial charge on any atom is -0.426 e. The quantitative estimate of drug-likeness (QED) is 0.104. The maximum atomic E-state index is 13.9. The summed E-state index contributed by atoms with van der Waals surface area (Å²) in [4.78, 5) is 93.3. The lowest BCUT2D eigenvalue weighted by Crippen LogP contribution is -2.42. The number of hydrogen-bond acceptors (Lipinski definition) is 9. The van der Waals surface area contributed by atoms with Gasteiger partial charge in [0.25, 0.3) is 11.1 Å². The number of aryl methyl sites for hydroxylation is 1. The minimum absolute atomic E-state index is 0.0720. The fraction of sp³-hybridized carbons (Fsp3) is 0.432. The number of carbonyl (C=O) groups excluding carboxylic acids is 3. The van der Waals surface area contributed by atoms with Gasteiger partial charge >= 0.3 is 23.4 Å². The number of aromatic amines is 2. The molecule has 1 aromatic carbocycles. The number of rotatable bonds is 14. The number of amides is 1. The molecule has 2 atom stereocenters. The molecule has 0 saturated heterocycles. The van der Waals surface area contributed by atoms with Gasteiger partial charge in [0.1, 0.15) is 11.5 Å². The predicted molar refractivity (Wildman–Crippen MR) is 190 cm³/mol. The van der Waals surface area contributed by atoms with E-state index >= 15 is 0 Å². The number of allylic oxidation sites excluding steroid dienone is 3. The van der Waals surface area contributed by atoms with Crippen molar-refractivity contribution in [2.24, 2.45) is 5.92 Å². The third-order valence-corrected chi connectivity index (χ3v) is 9.08. The molecule has 0 unspecified atom stereocenters. The van der Waals surface area contributed by atoms with Crippen LogP contribution >= 0.6 is 0 Å². The number of nitrogens with one attached hydrogen (secondary N) is 2. The number of H-pyrrole nitrogens is 2.